The number of carbonyl (C=O) groups is 1. The molecule has 1 aliphatic carbocycles. The van der Waals surface area contributed by atoms with Crippen molar-refractivity contribution in [3.63, 3.8) is 0 Å². The molecule has 3 heteroatoms. The van der Waals surface area contributed by atoms with Crippen molar-refractivity contribution < 1.29 is 4.79 Å². The van der Waals surface area contributed by atoms with Gasteiger partial charge in [0.1, 0.15) is 5.78 Å². The SMILES string of the molecule is O=C(Cc1ccc(Cl)cc1Cl)C1CCc2ccccc21. The fraction of sp³-hybridized carbons (Fsp3) is 0.235. The molecule has 1 unspecified atom stereocenters. The Kier molecular flexibility index (Phi) is 3.82. The molecule has 1 atom stereocenters. The largest absolute Gasteiger partial charge is 0.299 e. The van der Waals surface area contributed by atoms with Gasteiger partial charge in [0.05, 0.1) is 0 Å². The Morgan fingerprint density at radius 2 is 1.95 bits per heavy atom. The number of benzene rings is 2. The lowest BCUT2D eigenvalue weighted by Gasteiger charge is -2.11. The Labute approximate surface area is 128 Å². The first-order valence-corrected chi connectivity index (χ1v) is 7.45. The third-order valence-corrected chi connectivity index (χ3v) is 4.49. The highest BCUT2D eigenvalue weighted by Gasteiger charge is 2.28. The van der Waals surface area contributed by atoms with Crippen LogP contribution >= 0.6 is 23.2 Å². The summed E-state index contributed by atoms with van der Waals surface area (Å²) in [6, 6.07) is 13.5. The Morgan fingerprint density at radius 3 is 2.75 bits per heavy atom. The van der Waals surface area contributed by atoms with Gasteiger partial charge in [-0.2, -0.15) is 0 Å². The second-order valence-corrected chi connectivity index (χ2v) is 6.01. The van der Waals surface area contributed by atoms with Gasteiger partial charge in [-0.1, -0.05) is 53.5 Å². The molecule has 0 amide bonds. The zero-order chi connectivity index (χ0) is 14.1. The monoisotopic (exact) mass is 304 g/mol. The maximum Gasteiger partial charge on any atom is 0.144 e. The molecule has 2 aromatic rings. The number of carbonyl (C=O) groups excluding carboxylic acids is 1. The van der Waals surface area contributed by atoms with Crippen LogP contribution in [0.3, 0.4) is 0 Å². The number of aryl methyl sites for hydroxylation is 1. The van der Waals surface area contributed by atoms with E-state index in [2.05, 4.69) is 12.1 Å². The lowest BCUT2D eigenvalue weighted by atomic mass is 9.92. The van der Waals surface area contributed by atoms with Gasteiger partial charge in [-0.15, -0.1) is 0 Å². The normalized spacial score (nSPS) is 17.0. The maximum atomic E-state index is 12.5. The average molecular weight is 305 g/mol. The summed E-state index contributed by atoms with van der Waals surface area (Å²) in [5.41, 5.74) is 3.33. The number of Topliss-reactive ketones (excluding diaryl/α,β-unsaturated/α-hetero) is 1. The van der Waals surface area contributed by atoms with E-state index in [0.29, 0.717) is 16.5 Å². The van der Waals surface area contributed by atoms with Gasteiger partial charge in [0, 0.05) is 22.4 Å². The highest BCUT2D eigenvalue weighted by Crippen LogP contribution is 2.34. The molecule has 0 spiro atoms. The van der Waals surface area contributed by atoms with Crippen molar-refractivity contribution in [1.82, 2.24) is 0 Å². The summed E-state index contributed by atoms with van der Waals surface area (Å²) in [5.74, 6) is 0.247. The van der Waals surface area contributed by atoms with Crippen molar-refractivity contribution in [3.8, 4) is 0 Å². The van der Waals surface area contributed by atoms with Crippen LogP contribution in [0.4, 0.5) is 0 Å². The highest BCUT2D eigenvalue weighted by atomic mass is 35.5. The van der Waals surface area contributed by atoms with Gasteiger partial charge in [-0.05, 0) is 41.7 Å². The van der Waals surface area contributed by atoms with Crippen LogP contribution in [0.25, 0.3) is 0 Å². The molecule has 0 aromatic heterocycles. The second-order valence-electron chi connectivity index (χ2n) is 5.17. The summed E-state index contributed by atoms with van der Waals surface area (Å²) in [6.07, 6.45) is 2.26. The van der Waals surface area contributed by atoms with E-state index in [-0.39, 0.29) is 11.7 Å². The molecule has 3 rings (SSSR count). The Morgan fingerprint density at radius 1 is 1.15 bits per heavy atom. The van der Waals surface area contributed by atoms with E-state index in [0.717, 1.165) is 18.4 Å². The van der Waals surface area contributed by atoms with E-state index >= 15 is 0 Å². The van der Waals surface area contributed by atoms with Gasteiger partial charge in [0.25, 0.3) is 0 Å². The number of hydrogen-bond donors (Lipinski definition) is 0. The number of halogens is 2. The quantitative estimate of drug-likeness (QED) is 0.793. The fourth-order valence-corrected chi connectivity index (χ4v) is 3.34. The molecule has 0 radical (unpaired) electrons. The van der Waals surface area contributed by atoms with Gasteiger partial charge in [-0.25, -0.2) is 0 Å². The maximum absolute atomic E-state index is 12.5. The van der Waals surface area contributed by atoms with Crippen LogP contribution < -0.4 is 0 Å². The third kappa shape index (κ3) is 2.61. The number of hydrogen-bond acceptors (Lipinski definition) is 1. The summed E-state index contributed by atoms with van der Waals surface area (Å²) in [7, 11) is 0. The van der Waals surface area contributed by atoms with Crippen molar-refractivity contribution in [2.45, 2.75) is 25.2 Å². The van der Waals surface area contributed by atoms with Gasteiger partial charge in [0.2, 0.25) is 0 Å². The number of rotatable bonds is 3. The fourth-order valence-electron chi connectivity index (χ4n) is 2.87. The van der Waals surface area contributed by atoms with E-state index in [1.807, 2.05) is 18.2 Å². The Bertz CT molecular complexity index is 664. The van der Waals surface area contributed by atoms with E-state index in [4.69, 9.17) is 23.2 Å². The molecule has 0 N–H and O–H groups in total. The highest BCUT2D eigenvalue weighted by molar-refractivity contribution is 6.35. The van der Waals surface area contributed by atoms with Crippen LogP contribution in [0.2, 0.25) is 10.0 Å². The zero-order valence-corrected chi connectivity index (χ0v) is 12.4. The minimum Gasteiger partial charge on any atom is -0.299 e. The molecule has 0 saturated carbocycles. The molecule has 2 aromatic carbocycles. The molecule has 1 aliphatic rings. The van der Waals surface area contributed by atoms with Crippen LogP contribution in [-0.4, -0.2) is 5.78 Å². The molecule has 20 heavy (non-hydrogen) atoms. The van der Waals surface area contributed by atoms with E-state index < -0.39 is 0 Å². The summed E-state index contributed by atoms with van der Waals surface area (Å²) in [4.78, 5) is 12.5. The summed E-state index contributed by atoms with van der Waals surface area (Å²) in [6.45, 7) is 0. The molecule has 0 saturated heterocycles. The minimum absolute atomic E-state index is 0.0120. The zero-order valence-electron chi connectivity index (χ0n) is 10.9. The smallest absolute Gasteiger partial charge is 0.144 e. The van der Waals surface area contributed by atoms with E-state index in [9.17, 15) is 4.79 Å². The van der Waals surface area contributed by atoms with Gasteiger partial charge in [0.15, 0.2) is 0 Å². The first-order valence-electron chi connectivity index (χ1n) is 6.69. The van der Waals surface area contributed by atoms with Crippen molar-refractivity contribution in [3.05, 3.63) is 69.2 Å². The van der Waals surface area contributed by atoms with Gasteiger partial charge >= 0.3 is 0 Å². The minimum atomic E-state index is 0.0120. The summed E-state index contributed by atoms with van der Waals surface area (Å²) in [5, 5.41) is 1.16. The van der Waals surface area contributed by atoms with Crippen molar-refractivity contribution in [1.29, 1.82) is 0 Å². The van der Waals surface area contributed by atoms with E-state index in [1.54, 1.807) is 12.1 Å². The lowest BCUT2D eigenvalue weighted by Crippen LogP contribution is -2.12. The van der Waals surface area contributed by atoms with Gasteiger partial charge < -0.3 is 0 Å². The second kappa shape index (κ2) is 5.59. The number of fused-ring (bicyclic) bond motifs is 1. The third-order valence-electron chi connectivity index (χ3n) is 3.90. The molecule has 0 bridgehead atoms. The molecule has 1 nitrogen and oxygen atoms in total. The van der Waals surface area contributed by atoms with E-state index in [1.165, 1.54) is 11.1 Å². The predicted octanol–water partition coefficient (Wildman–Crippen LogP) is 4.84. The van der Waals surface area contributed by atoms with Crippen LogP contribution in [0.5, 0.6) is 0 Å². The molecule has 0 fully saturated rings. The molecule has 0 aliphatic heterocycles. The first-order chi connectivity index (χ1) is 9.65. The summed E-state index contributed by atoms with van der Waals surface area (Å²) >= 11 is 12.0. The predicted molar refractivity (Wildman–Crippen MR) is 82.7 cm³/mol. The summed E-state index contributed by atoms with van der Waals surface area (Å²) < 4.78 is 0. The average Bonchev–Trinajstić information content (AvgIpc) is 2.86. The van der Waals surface area contributed by atoms with Crippen molar-refractivity contribution >= 4 is 29.0 Å². The topological polar surface area (TPSA) is 17.1 Å². The van der Waals surface area contributed by atoms with Crippen LogP contribution in [0, 0.1) is 0 Å². The van der Waals surface area contributed by atoms with Crippen molar-refractivity contribution in [2.24, 2.45) is 0 Å². The lowest BCUT2D eigenvalue weighted by molar-refractivity contribution is -0.119. The van der Waals surface area contributed by atoms with Crippen LogP contribution in [0.15, 0.2) is 42.5 Å². The first kappa shape index (κ1) is 13.7. The Balaban J connectivity index is 1.81. The van der Waals surface area contributed by atoms with Gasteiger partial charge in [-0.3, -0.25) is 4.79 Å². The van der Waals surface area contributed by atoms with Crippen LogP contribution in [-0.2, 0) is 17.6 Å². The Hall–Kier alpha value is -1.31. The standard InChI is InChI=1S/C17H14Cl2O/c18-13-7-5-12(16(19)10-13)9-17(20)15-8-6-11-3-1-2-4-14(11)15/h1-5,7,10,15H,6,8-9H2. The number of ketones is 1. The van der Waals surface area contributed by atoms with Crippen molar-refractivity contribution in [2.75, 3.05) is 0 Å². The molecule has 102 valence electrons. The molecular formula is C17H14Cl2O. The molecule has 0 heterocycles. The van der Waals surface area contributed by atoms with Crippen LogP contribution in [0.1, 0.15) is 29.0 Å². The molecular weight excluding hydrogens is 291 g/mol.